The summed E-state index contributed by atoms with van der Waals surface area (Å²) >= 11 is 0. The molecule has 4 heteroatoms. The van der Waals surface area contributed by atoms with Crippen LogP contribution in [0.25, 0.3) is 0 Å². The van der Waals surface area contributed by atoms with Gasteiger partial charge in [0, 0.05) is 11.6 Å². The van der Waals surface area contributed by atoms with Gasteiger partial charge in [-0.05, 0) is 25.1 Å². The van der Waals surface area contributed by atoms with E-state index in [-0.39, 0.29) is 6.04 Å². The van der Waals surface area contributed by atoms with Crippen molar-refractivity contribution in [3.63, 3.8) is 0 Å². The summed E-state index contributed by atoms with van der Waals surface area (Å²) < 4.78 is 13.0. The number of benzene rings is 1. The first-order valence-electron chi connectivity index (χ1n) is 4.39. The molecule has 2 rings (SSSR count). The molecular weight excluding hydrogens is 183 g/mol. The lowest BCUT2D eigenvalue weighted by atomic mass is 9.93. The van der Waals surface area contributed by atoms with Crippen molar-refractivity contribution in [1.29, 1.82) is 5.26 Å². The van der Waals surface area contributed by atoms with Crippen LogP contribution in [0, 0.1) is 17.1 Å². The molecule has 1 aromatic carbocycles. The van der Waals surface area contributed by atoms with Gasteiger partial charge in [-0.1, -0.05) is 0 Å². The predicted octanol–water partition coefficient (Wildman–Crippen LogP) is 1.44. The van der Waals surface area contributed by atoms with Gasteiger partial charge in [0.05, 0.1) is 11.6 Å². The van der Waals surface area contributed by atoms with Crippen molar-refractivity contribution in [2.75, 3.05) is 6.54 Å². The van der Waals surface area contributed by atoms with Crippen LogP contribution in [0.4, 0.5) is 4.39 Å². The standard InChI is InChI=1S/C10H9FN2O/c11-7-2-1-6(5-12)9(10(7)14)8-3-4-13-8/h1-2,8,13-14H,3-4H2/t8-/m1/s1. The van der Waals surface area contributed by atoms with Gasteiger partial charge in [-0.3, -0.25) is 0 Å². The summed E-state index contributed by atoms with van der Waals surface area (Å²) in [7, 11) is 0. The maximum Gasteiger partial charge on any atom is 0.165 e. The Balaban J connectivity index is 2.53. The van der Waals surface area contributed by atoms with Gasteiger partial charge in [0.2, 0.25) is 0 Å². The number of nitriles is 1. The number of hydrogen-bond donors (Lipinski definition) is 2. The molecule has 1 aliphatic rings. The van der Waals surface area contributed by atoms with Crippen molar-refractivity contribution in [2.45, 2.75) is 12.5 Å². The maximum absolute atomic E-state index is 13.0. The maximum atomic E-state index is 13.0. The van der Waals surface area contributed by atoms with Gasteiger partial charge < -0.3 is 10.4 Å². The second kappa shape index (κ2) is 3.28. The van der Waals surface area contributed by atoms with Gasteiger partial charge in [0.15, 0.2) is 11.6 Å². The normalized spacial score (nSPS) is 19.9. The molecule has 0 aliphatic carbocycles. The molecular formula is C10H9FN2O. The van der Waals surface area contributed by atoms with Crippen molar-refractivity contribution < 1.29 is 9.50 Å². The van der Waals surface area contributed by atoms with E-state index in [4.69, 9.17) is 5.26 Å². The molecule has 1 saturated heterocycles. The SMILES string of the molecule is N#Cc1ccc(F)c(O)c1[C@H]1CCN1. The second-order valence-electron chi connectivity index (χ2n) is 3.26. The summed E-state index contributed by atoms with van der Waals surface area (Å²) in [5.41, 5.74) is 0.722. The van der Waals surface area contributed by atoms with Crippen LogP contribution in [-0.2, 0) is 0 Å². The third-order valence-electron chi connectivity index (χ3n) is 2.46. The van der Waals surface area contributed by atoms with Gasteiger partial charge in [0.25, 0.3) is 0 Å². The molecule has 0 unspecified atom stereocenters. The monoisotopic (exact) mass is 192 g/mol. The molecule has 0 saturated carbocycles. The Bertz CT molecular complexity index is 407. The first kappa shape index (κ1) is 8.97. The van der Waals surface area contributed by atoms with Crippen molar-refractivity contribution in [3.05, 3.63) is 29.1 Å². The van der Waals surface area contributed by atoms with E-state index in [9.17, 15) is 9.50 Å². The molecule has 3 nitrogen and oxygen atoms in total. The first-order valence-corrected chi connectivity index (χ1v) is 4.39. The van der Waals surface area contributed by atoms with E-state index < -0.39 is 11.6 Å². The van der Waals surface area contributed by atoms with Crippen LogP contribution in [0.2, 0.25) is 0 Å². The first-order chi connectivity index (χ1) is 6.74. The zero-order valence-corrected chi connectivity index (χ0v) is 7.42. The Hall–Kier alpha value is -1.60. The minimum Gasteiger partial charge on any atom is -0.505 e. The number of halogens is 1. The largest absolute Gasteiger partial charge is 0.505 e. The van der Waals surface area contributed by atoms with Gasteiger partial charge in [0.1, 0.15) is 0 Å². The summed E-state index contributed by atoms with van der Waals surface area (Å²) in [4.78, 5) is 0. The highest BCUT2D eigenvalue weighted by Crippen LogP contribution is 2.34. The van der Waals surface area contributed by atoms with Crippen molar-refractivity contribution in [1.82, 2.24) is 5.32 Å². The molecule has 0 bridgehead atoms. The van der Waals surface area contributed by atoms with Gasteiger partial charge >= 0.3 is 0 Å². The third kappa shape index (κ3) is 1.22. The highest BCUT2D eigenvalue weighted by Gasteiger charge is 2.26. The molecule has 0 aromatic heterocycles. The summed E-state index contributed by atoms with van der Waals surface area (Å²) in [5, 5.41) is 21.3. The van der Waals surface area contributed by atoms with Crippen LogP contribution in [0.3, 0.4) is 0 Å². The lowest BCUT2D eigenvalue weighted by molar-refractivity contribution is 0.354. The molecule has 1 atom stereocenters. The van der Waals surface area contributed by atoms with E-state index >= 15 is 0 Å². The van der Waals surface area contributed by atoms with Crippen molar-refractivity contribution in [2.24, 2.45) is 0 Å². The fraction of sp³-hybridized carbons (Fsp3) is 0.300. The van der Waals surface area contributed by atoms with Crippen molar-refractivity contribution in [3.8, 4) is 11.8 Å². The van der Waals surface area contributed by atoms with E-state index in [0.29, 0.717) is 11.1 Å². The Morgan fingerprint density at radius 2 is 2.29 bits per heavy atom. The number of hydrogen-bond acceptors (Lipinski definition) is 3. The van der Waals surface area contributed by atoms with Crippen LogP contribution < -0.4 is 5.32 Å². The van der Waals surface area contributed by atoms with E-state index in [1.807, 2.05) is 6.07 Å². The Morgan fingerprint density at radius 1 is 1.57 bits per heavy atom. The van der Waals surface area contributed by atoms with Crippen LogP contribution in [0.1, 0.15) is 23.6 Å². The van der Waals surface area contributed by atoms with E-state index in [1.54, 1.807) is 0 Å². The topological polar surface area (TPSA) is 56.0 Å². The van der Waals surface area contributed by atoms with Crippen LogP contribution in [0.15, 0.2) is 12.1 Å². The predicted molar refractivity (Wildman–Crippen MR) is 48.1 cm³/mol. The quantitative estimate of drug-likeness (QED) is 0.707. The summed E-state index contributed by atoms with van der Waals surface area (Å²) in [5.74, 6) is -1.08. The molecule has 0 spiro atoms. The Morgan fingerprint density at radius 3 is 2.79 bits per heavy atom. The van der Waals surface area contributed by atoms with Crippen LogP contribution in [0.5, 0.6) is 5.75 Å². The summed E-state index contributed by atoms with van der Waals surface area (Å²) in [6, 6.07) is 4.36. The summed E-state index contributed by atoms with van der Waals surface area (Å²) in [6.45, 7) is 0.839. The lowest BCUT2D eigenvalue weighted by Crippen LogP contribution is -2.35. The molecule has 1 heterocycles. The average Bonchev–Trinajstić information content (AvgIpc) is 2.10. The number of nitrogens with one attached hydrogen (secondary N) is 1. The minimum atomic E-state index is -0.673. The van der Waals surface area contributed by atoms with Gasteiger partial charge in [-0.2, -0.15) is 5.26 Å². The fourth-order valence-corrected chi connectivity index (χ4v) is 1.57. The number of nitrogens with zero attached hydrogens (tertiary/aromatic N) is 1. The average molecular weight is 192 g/mol. The smallest absolute Gasteiger partial charge is 0.165 e. The molecule has 1 aliphatic heterocycles. The number of phenolic OH excluding ortho intramolecular Hbond substituents is 1. The van der Waals surface area contributed by atoms with Crippen LogP contribution >= 0.6 is 0 Å². The third-order valence-corrected chi connectivity index (χ3v) is 2.46. The lowest BCUT2D eigenvalue weighted by Gasteiger charge is -2.29. The molecule has 14 heavy (non-hydrogen) atoms. The highest BCUT2D eigenvalue weighted by molar-refractivity contribution is 5.49. The zero-order valence-electron chi connectivity index (χ0n) is 7.42. The Labute approximate surface area is 80.8 Å². The van der Waals surface area contributed by atoms with Crippen molar-refractivity contribution >= 4 is 0 Å². The fourth-order valence-electron chi connectivity index (χ4n) is 1.57. The second-order valence-corrected chi connectivity index (χ2v) is 3.26. The van der Waals surface area contributed by atoms with E-state index in [1.165, 1.54) is 6.07 Å². The van der Waals surface area contributed by atoms with E-state index in [2.05, 4.69) is 5.32 Å². The minimum absolute atomic E-state index is 0.0830. The molecule has 1 aromatic rings. The molecule has 0 amide bonds. The summed E-state index contributed by atoms with van der Waals surface area (Å²) in [6.07, 6.45) is 0.825. The van der Waals surface area contributed by atoms with Gasteiger partial charge in [-0.15, -0.1) is 0 Å². The Kier molecular flexibility index (Phi) is 2.10. The van der Waals surface area contributed by atoms with Crippen LogP contribution in [-0.4, -0.2) is 11.7 Å². The molecule has 1 fully saturated rings. The molecule has 0 radical (unpaired) electrons. The highest BCUT2D eigenvalue weighted by atomic mass is 19.1. The van der Waals surface area contributed by atoms with E-state index in [0.717, 1.165) is 19.0 Å². The number of rotatable bonds is 1. The molecule has 72 valence electrons. The van der Waals surface area contributed by atoms with Gasteiger partial charge in [-0.25, -0.2) is 4.39 Å². The zero-order chi connectivity index (χ0) is 10.1. The number of phenols is 1. The number of aromatic hydroxyl groups is 1. The molecule has 2 N–H and O–H groups in total.